The van der Waals surface area contributed by atoms with Crippen LogP contribution in [0.4, 0.5) is 0 Å². The van der Waals surface area contributed by atoms with E-state index in [2.05, 4.69) is 4.98 Å². The first kappa shape index (κ1) is 12.6. The second kappa shape index (κ2) is 5.65. The van der Waals surface area contributed by atoms with Gasteiger partial charge in [-0.15, -0.1) is 0 Å². The van der Waals surface area contributed by atoms with Crippen molar-refractivity contribution in [1.82, 2.24) is 4.98 Å². The molecule has 1 aromatic carbocycles. The third-order valence-corrected chi connectivity index (χ3v) is 2.85. The van der Waals surface area contributed by atoms with Gasteiger partial charge in [0.1, 0.15) is 5.75 Å². The summed E-state index contributed by atoms with van der Waals surface area (Å²) in [5, 5.41) is 10.2. The molecular weight excluding hydrogens is 226 g/mol. The summed E-state index contributed by atoms with van der Waals surface area (Å²) in [6, 6.07) is 11.4. The minimum Gasteiger partial charge on any atom is -0.497 e. The van der Waals surface area contributed by atoms with Gasteiger partial charge in [-0.1, -0.05) is 18.2 Å². The lowest BCUT2D eigenvalue weighted by Gasteiger charge is -2.11. The smallest absolute Gasteiger partial charge is 0.119 e. The van der Waals surface area contributed by atoms with Crippen LogP contribution in [-0.4, -0.2) is 17.2 Å². The zero-order chi connectivity index (χ0) is 13.0. The van der Waals surface area contributed by atoms with Crippen LogP contribution >= 0.6 is 0 Å². The molecule has 0 saturated heterocycles. The van der Waals surface area contributed by atoms with Crippen molar-refractivity contribution in [3.05, 3.63) is 59.4 Å². The molecule has 1 heterocycles. The number of hydrogen-bond acceptors (Lipinski definition) is 3. The minimum absolute atomic E-state index is 0.507. The Morgan fingerprint density at radius 2 is 2.11 bits per heavy atom. The maximum atomic E-state index is 10.2. The van der Waals surface area contributed by atoms with E-state index in [0.29, 0.717) is 6.42 Å². The van der Waals surface area contributed by atoms with Crippen LogP contribution in [0.3, 0.4) is 0 Å². The molecule has 0 aliphatic heterocycles. The number of aryl methyl sites for hydroxylation is 1. The molecule has 1 aromatic heterocycles. The zero-order valence-electron chi connectivity index (χ0n) is 10.6. The van der Waals surface area contributed by atoms with E-state index in [4.69, 9.17) is 4.74 Å². The van der Waals surface area contributed by atoms with Gasteiger partial charge in [0.05, 0.1) is 13.2 Å². The summed E-state index contributed by atoms with van der Waals surface area (Å²) in [5.74, 6) is 0.753. The Hall–Kier alpha value is -1.87. The van der Waals surface area contributed by atoms with Crippen LogP contribution in [0, 0.1) is 6.92 Å². The molecule has 1 N–H and O–H groups in total. The van der Waals surface area contributed by atoms with Crippen molar-refractivity contribution in [3.63, 3.8) is 0 Å². The fourth-order valence-corrected chi connectivity index (χ4v) is 1.78. The predicted octanol–water partition coefficient (Wildman–Crippen LogP) is 2.67. The summed E-state index contributed by atoms with van der Waals surface area (Å²) in [4.78, 5) is 4.30. The molecule has 0 radical (unpaired) electrons. The highest BCUT2D eigenvalue weighted by molar-refractivity contribution is 5.30. The number of aromatic nitrogens is 1. The Morgan fingerprint density at radius 3 is 2.78 bits per heavy atom. The Bertz CT molecular complexity index is 508. The third kappa shape index (κ3) is 3.08. The Balaban J connectivity index is 2.11. The summed E-state index contributed by atoms with van der Waals surface area (Å²) < 4.78 is 5.14. The number of methoxy groups -OCH3 is 1. The molecule has 0 amide bonds. The van der Waals surface area contributed by atoms with E-state index in [0.717, 1.165) is 22.6 Å². The van der Waals surface area contributed by atoms with E-state index >= 15 is 0 Å². The third-order valence-electron chi connectivity index (χ3n) is 2.85. The highest BCUT2D eigenvalue weighted by Crippen LogP contribution is 2.21. The molecule has 3 nitrogen and oxygen atoms in total. The lowest BCUT2D eigenvalue weighted by Crippen LogP contribution is -2.03. The number of rotatable bonds is 4. The lowest BCUT2D eigenvalue weighted by atomic mass is 10.0. The molecular formula is C15H17NO2. The Kier molecular flexibility index (Phi) is 3.95. The van der Waals surface area contributed by atoms with Crippen LogP contribution in [0.1, 0.15) is 22.9 Å². The molecule has 2 aromatic rings. The molecule has 1 atom stereocenters. The van der Waals surface area contributed by atoms with Gasteiger partial charge < -0.3 is 9.84 Å². The largest absolute Gasteiger partial charge is 0.497 e. The monoisotopic (exact) mass is 243 g/mol. The fourth-order valence-electron chi connectivity index (χ4n) is 1.78. The van der Waals surface area contributed by atoms with E-state index < -0.39 is 6.10 Å². The first-order valence-corrected chi connectivity index (χ1v) is 5.92. The quantitative estimate of drug-likeness (QED) is 0.897. The summed E-state index contributed by atoms with van der Waals surface area (Å²) in [7, 11) is 1.62. The maximum absolute atomic E-state index is 10.2. The molecule has 2 rings (SSSR count). The highest BCUT2D eigenvalue weighted by Gasteiger charge is 2.10. The van der Waals surface area contributed by atoms with Crippen molar-refractivity contribution in [2.45, 2.75) is 19.4 Å². The second-order valence-electron chi connectivity index (χ2n) is 4.32. The topological polar surface area (TPSA) is 42.4 Å². The summed E-state index contributed by atoms with van der Waals surface area (Å²) in [6.45, 7) is 2.00. The first-order valence-electron chi connectivity index (χ1n) is 5.92. The fraction of sp³-hybridized carbons (Fsp3) is 0.267. The number of ether oxygens (including phenoxy) is 1. The Morgan fingerprint density at radius 1 is 1.28 bits per heavy atom. The molecule has 0 spiro atoms. The van der Waals surface area contributed by atoms with Crippen LogP contribution in [0.2, 0.25) is 0 Å². The van der Waals surface area contributed by atoms with Gasteiger partial charge in [0.15, 0.2) is 0 Å². The molecule has 0 aliphatic rings. The average Bonchev–Trinajstić information content (AvgIpc) is 2.41. The number of nitrogens with zero attached hydrogens (tertiary/aromatic N) is 1. The van der Waals surface area contributed by atoms with Crippen molar-refractivity contribution in [2.75, 3.05) is 7.11 Å². The van der Waals surface area contributed by atoms with Crippen molar-refractivity contribution in [3.8, 4) is 5.75 Å². The number of aliphatic hydroxyl groups is 1. The van der Waals surface area contributed by atoms with Crippen molar-refractivity contribution in [2.24, 2.45) is 0 Å². The van der Waals surface area contributed by atoms with Crippen molar-refractivity contribution in [1.29, 1.82) is 0 Å². The highest BCUT2D eigenvalue weighted by atomic mass is 16.5. The molecule has 3 heteroatoms. The summed E-state index contributed by atoms with van der Waals surface area (Å²) >= 11 is 0. The lowest BCUT2D eigenvalue weighted by molar-refractivity contribution is 0.177. The van der Waals surface area contributed by atoms with Crippen LogP contribution in [0.5, 0.6) is 5.75 Å². The van der Waals surface area contributed by atoms with Gasteiger partial charge in [-0.3, -0.25) is 4.98 Å². The van der Waals surface area contributed by atoms with Gasteiger partial charge in [0, 0.05) is 18.3 Å². The van der Waals surface area contributed by atoms with Crippen molar-refractivity contribution < 1.29 is 9.84 Å². The number of pyridine rings is 1. The summed E-state index contributed by atoms with van der Waals surface area (Å²) in [6.07, 6.45) is 1.76. The van der Waals surface area contributed by atoms with E-state index in [9.17, 15) is 5.11 Å². The molecule has 18 heavy (non-hydrogen) atoms. The van der Waals surface area contributed by atoms with E-state index in [1.807, 2.05) is 49.5 Å². The van der Waals surface area contributed by atoms with Gasteiger partial charge in [-0.25, -0.2) is 0 Å². The van der Waals surface area contributed by atoms with Gasteiger partial charge in [-0.05, 0) is 36.2 Å². The molecule has 0 saturated carbocycles. The number of hydrogen-bond donors (Lipinski definition) is 1. The minimum atomic E-state index is -0.560. The molecule has 1 unspecified atom stereocenters. The van der Waals surface area contributed by atoms with E-state index in [1.54, 1.807) is 7.11 Å². The average molecular weight is 243 g/mol. The van der Waals surface area contributed by atoms with Crippen LogP contribution in [0.25, 0.3) is 0 Å². The first-order chi connectivity index (χ1) is 8.69. The van der Waals surface area contributed by atoms with E-state index in [1.165, 1.54) is 0 Å². The van der Waals surface area contributed by atoms with Crippen LogP contribution < -0.4 is 4.74 Å². The van der Waals surface area contributed by atoms with Gasteiger partial charge in [0.25, 0.3) is 0 Å². The van der Waals surface area contributed by atoms with Crippen LogP contribution in [-0.2, 0) is 6.42 Å². The van der Waals surface area contributed by atoms with E-state index in [-0.39, 0.29) is 0 Å². The number of benzene rings is 1. The van der Waals surface area contributed by atoms with Gasteiger partial charge >= 0.3 is 0 Å². The van der Waals surface area contributed by atoms with Gasteiger partial charge in [-0.2, -0.15) is 0 Å². The second-order valence-corrected chi connectivity index (χ2v) is 4.32. The summed E-state index contributed by atoms with van der Waals surface area (Å²) in [5.41, 5.74) is 2.85. The SMILES string of the molecule is COc1cccc(C(O)Cc2ccc(C)cn2)c1. The molecule has 94 valence electrons. The molecule has 0 fully saturated rings. The Labute approximate surface area is 107 Å². The molecule has 0 bridgehead atoms. The van der Waals surface area contributed by atoms with Gasteiger partial charge in [0.2, 0.25) is 0 Å². The normalized spacial score (nSPS) is 12.2. The zero-order valence-corrected chi connectivity index (χ0v) is 10.6. The maximum Gasteiger partial charge on any atom is 0.119 e. The standard InChI is InChI=1S/C15H17NO2/c1-11-6-7-13(16-10-11)9-15(17)12-4-3-5-14(8-12)18-2/h3-8,10,15,17H,9H2,1-2H3. The van der Waals surface area contributed by atoms with Crippen molar-refractivity contribution >= 4 is 0 Å². The predicted molar refractivity (Wildman–Crippen MR) is 70.6 cm³/mol. The molecule has 0 aliphatic carbocycles. The van der Waals surface area contributed by atoms with Crippen LogP contribution in [0.15, 0.2) is 42.6 Å². The number of aliphatic hydroxyl groups excluding tert-OH is 1.